The molecule has 0 heterocycles. The first-order valence-corrected chi connectivity index (χ1v) is 7.28. The second kappa shape index (κ2) is 7.44. The van der Waals surface area contributed by atoms with Gasteiger partial charge in [0.1, 0.15) is 5.75 Å². The lowest BCUT2D eigenvalue weighted by Crippen LogP contribution is -2.17. The van der Waals surface area contributed by atoms with E-state index in [4.69, 9.17) is 5.53 Å². The number of carbonyl (C=O) groups is 1. The summed E-state index contributed by atoms with van der Waals surface area (Å²) in [5.74, 6) is -0.368. The number of hydrogen-bond acceptors (Lipinski definition) is 4. The van der Waals surface area contributed by atoms with Crippen LogP contribution >= 0.6 is 15.9 Å². The van der Waals surface area contributed by atoms with Crippen LogP contribution in [0.25, 0.3) is 10.4 Å². The zero-order chi connectivity index (χ0) is 16.8. The molecule has 0 aliphatic heterocycles. The largest absolute Gasteiger partial charge is 0.506 e. The summed E-state index contributed by atoms with van der Waals surface area (Å²) in [7, 11) is 0. The summed E-state index contributed by atoms with van der Waals surface area (Å²) in [5, 5.41) is 17.1. The summed E-state index contributed by atoms with van der Waals surface area (Å²) in [6.45, 7) is 1.88. The molecule has 0 fully saturated rings. The molecule has 0 bridgehead atoms. The Kier molecular flexibility index (Phi) is 5.35. The number of nitrogens with one attached hydrogen (secondary N) is 1. The Morgan fingerprint density at radius 2 is 2.04 bits per heavy atom. The highest BCUT2D eigenvalue weighted by Crippen LogP contribution is 2.28. The molecule has 23 heavy (non-hydrogen) atoms. The second-order valence-corrected chi connectivity index (χ2v) is 5.47. The topological polar surface area (TPSA) is 110 Å². The lowest BCUT2D eigenvalue weighted by atomic mass is 10.1. The predicted molar refractivity (Wildman–Crippen MR) is 90.9 cm³/mol. The van der Waals surface area contributed by atoms with Crippen molar-refractivity contribution in [1.29, 1.82) is 0 Å². The fourth-order valence-electron chi connectivity index (χ4n) is 1.82. The van der Waals surface area contributed by atoms with Crippen molar-refractivity contribution in [2.24, 2.45) is 10.2 Å². The molecule has 0 saturated carbocycles. The fourth-order valence-corrected chi connectivity index (χ4v) is 2.41. The van der Waals surface area contributed by atoms with E-state index in [9.17, 15) is 9.90 Å². The number of phenolic OH excluding ortho intramolecular Hbond substituents is 1. The molecular weight excluding hydrogens is 362 g/mol. The Hall–Kier alpha value is -2.83. The number of phenols is 1. The van der Waals surface area contributed by atoms with E-state index in [2.05, 4.69) is 36.5 Å². The molecule has 7 nitrogen and oxygen atoms in total. The van der Waals surface area contributed by atoms with Crippen LogP contribution in [0.5, 0.6) is 5.75 Å². The van der Waals surface area contributed by atoms with Crippen LogP contribution in [0.15, 0.2) is 51.1 Å². The van der Waals surface area contributed by atoms with Crippen molar-refractivity contribution in [3.8, 4) is 5.75 Å². The van der Waals surface area contributed by atoms with E-state index < -0.39 is 5.91 Å². The summed E-state index contributed by atoms with van der Waals surface area (Å²) in [6.07, 6.45) is 1.36. The minimum absolute atomic E-state index is 0.0484. The number of azide groups is 1. The smallest absolute Gasteiger partial charge is 0.271 e. The Labute approximate surface area is 140 Å². The van der Waals surface area contributed by atoms with Gasteiger partial charge in [0, 0.05) is 21.7 Å². The molecule has 0 radical (unpaired) electrons. The first kappa shape index (κ1) is 16.5. The number of halogens is 1. The van der Waals surface area contributed by atoms with E-state index in [1.54, 1.807) is 12.1 Å². The fraction of sp³-hybridized carbons (Fsp3) is 0.0667. The summed E-state index contributed by atoms with van der Waals surface area (Å²) < 4.78 is 0.555. The number of carbonyl (C=O) groups excluding carboxylic acids is 1. The summed E-state index contributed by atoms with van der Waals surface area (Å²) in [5.41, 5.74) is 12.9. The van der Waals surface area contributed by atoms with Gasteiger partial charge in [0.25, 0.3) is 5.91 Å². The Balaban J connectivity index is 2.08. The molecule has 2 rings (SSSR count). The maximum Gasteiger partial charge on any atom is 0.271 e. The number of aryl methyl sites for hydroxylation is 1. The summed E-state index contributed by atoms with van der Waals surface area (Å²) >= 11 is 3.24. The van der Waals surface area contributed by atoms with Crippen molar-refractivity contribution in [2.75, 3.05) is 0 Å². The third-order valence-corrected chi connectivity index (χ3v) is 3.50. The molecule has 1 amide bonds. The highest BCUT2D eigenvalue weighted by Gasteiger charge is 2.06. The molecule has 0 unspecified atom stereocenters. The standard InChI is InChI=1S/C15H12BrN5O2/c1-9-6-11(14(22)13(16)7-9)8-18-20-15(23)10-2-4-12(5-3-10)19-21-17/h2-8,22H,1H3,(H,20,23)/b18-8+. The predicted octanol–water partition coefficient (Wildman–Crippen LogP) is 4.17. The SMILES string of the molecule is Cc1cc(Br)c(O)c(/C=N/NC(=O)c2ccc(N=[N+]=[N-])cc2)c1. The van der Waals surface area contributed by atoms with Crippen LogP contribution in [-0.4, -0.2) is 17.2 Å². The van der Waals surface area contributed by atoms with E-state index in [0.717, 1.165) is 5.56 Å². The van der Waals surface area contributed by atoms with Crippen LogP contribution in [0, 0.1) is 6.92 Å². The Morgan fingerprint density at radius 3 is 2.70 bits per heavy atom. The third kappa shape index (κ3) is 4.32. The van der Waals surface area contributed by atoms with Crippen molar-refractivity contribution in [3.05, 3.63) is 68.0 Å². The van der Waals surface area contributed by atoms with Crippen molar-refractivity contribution in [2.45, 2.75) is 6.92 Å². The zero-order valence-corrected chi connectivity index (χ0v) is 13.6. The van der Waals surface area contributed by atoms with E-state index in [0.29, 0.717) is 21.3 Å². The monoisotopic (exact) mass is 373 g/mol. The van der Waals surface area contributed by atoms with Gasteiger partial charge in [0.15, 0.2) is 0 Å². The molecule has 2 N–H and O–H groups in total. The molecule has 2 aromatic carbocycles. The molecule has 0 saturated heterocycles. The molecule has 0 aromatic heterocycles. The van der Waals surface area contributed by atoms with Crippen LogP contribution in [0.1, 0.15) is 21.5 Å². The number of aromatic hydroxyl groups is 1. The maximum absolute atomic E-state index is 11.9. The molecule has 8 heteroatoms. The van der Waals surface area contributed by atoms with Gasteiger partial charge < -0.3 is 5.11 Å². The van der Waals surface area contributed by atoms with E-state index in [-0.39, 0.29) is 5.75 Å². The molecule has 2 aromatic rings. The van der Waals surface area contributed by atoms with Crippen LogP contribution < -0.4 is 5.43 Å². The highest BCUT2D eigenvalue weighted by molar-refractivity contribution is 9.10. The van der Waals surface area contributed by atoms with E-state index >= 15 is 0 Å². The van der Waals surface area contributed by atoms with Crippen molar-refractivity contribution < 1.29 is 9.90 Å². The molecule has 0 spiro atoms. The number of hydrazone groups is 1. The Bertz CT molecular complexity index is 811. The molecule has 0 aliphatic rings. The van der Waals surface area contributed by atoms with Crippen LogP contribution in [0.3, 0.4) is 0 Å². The summed E-state index contributed by atoms with van der Waals surface area (Å²) in [4.78, 5) is 14.6. The molecule has 0 aliphatic carbocycles. The van der Waals surface area contributed by atoms with Crippen molar-refractivity contribution in [1.82, 2.24) is 5.43 Å². The number of hydrogen-bond donors (Lipinski definition) is 2. The number of rotatable bonds is 4. The quantitative estimate of drug-likeness (QED) is 0.275. The summed E-state index contributed by atoms with van der Waals surface area (Å²) in [6, 6.07) is 9.62. The second-order valence-electron chi connectivity index (χ2n) is 4.62. The van der Waals surface area contributed by atoms with Gasteiger partial charge in [-0.15, -0.1) is 0 Å². The molecular formula is C15H12BrN5O2. The van der Waals surface area contributed by atoms with Crippen LogP contribution in [0.4, 0.5) is 5.69 Å². The van der Waals surface area contributed by atoms with Gasteiger partial charge in [-0.3, -0.25) is 4.79 Å². The van der Waals surface area contributed by atoms with Gasteiger partial charge in [0.2, 0.25) is 0 Å². The lowest BCUT2D eigenvalue weighted by Gasteiger charge is -2.04. The van der Waals surface area contributed by atoms with Gasteiger partial charge in [0.05, 0.1) is 10.7 Å². The minimum atomic E-state index is -0.417. The van der Waals surface area contributed by atoms with Crippen molar-refractivity contribution in [3.63, 3.8) is 0 Å². The Morgan fingerprint density at radius 1 is 1.35 bits per heavy atom. The van der Waals surface area contributed by atoms with E-state index in [1.807, 2.05) is 6.92 Å². The maximum atomic E-state index is 11.9. The number of nitrogens with zero attached hydrogens (tertiary/aromatic N) is 4. The number of amides is 1. The van der Waals surface area contributed by atoms with Gasteiger partial charge in [-0.2, -0.15) is 5.10 Å². The lowest BCUT2D eigenvalue weighted by molar-refractivity contribution is 0.0955. The van der Waals surface area contributed by atoms with Crippen molar-refractivity contribution >= 4 is 33.7 Å². The minimum Gasteiger partial charge on any atom is -0.506 e. The third-order valence-electron chi connectivity index (χ3n) is 2.90. The molecule has 0 atom stereocenters. The zero-order valence-electron chi connectivity index (χ0n) is 12.1. The van der Waals surface area contributed by atoms with E-state index in [1.165, 1.54) is 30.5 Å². The van der Waals surface area contributed by atoms with Gasteiger partial charge in [-0.1, -0.05) is 17.2 Å². The van der Waals surface area contributed by atoms with Crippen LogP contribution in [-0.2, 0) is 0 Å². The average molecular weight is 374 g/mol. The first-order valence-electron chi connectivity index (χ1n) is 6.49. The van der Waals surface area contributed by atoms with Gasteiger partial charge in [-0.25, -0.2) is 5.43 Å². The number of benzene rings is 2. The first-order chi connectivity index (χ1) is 11.0. The average Bonchev–Trinajstić information content (AvgIpc) is 2.53. The van der Waals surface area contributed by atoms with Gasteiger partial charge in [-0.05, 0) is 58.2 Å². The molecule has 116 valence electrons. The normalized spacial score (nSPS) is 10.3. The van der Waals surface area contributed by atoms with Crippen LogP contribution in [0.2, 0.25) is 0 Å². The van der Waals surface area contributed by atoms with Gasteiger partial charge >= 0.3 is 0 Å². The highest BCUT2D eigenvalue weighted by atomic mass is 79.9.